The van der Waals surface area contributed by atoms with Crippen LogP contribution in [0.5, 0.6) is 0 Å². The highest BCUT2D eigenvalue weighted by atomic mass is 35.5. The van der Waals surface area contributed by atoms with Crippen molar-refractivity contribution in [2.75, 3.05) is 25.0 Å². The van der Waals surface area contributed by atoms with Crippen molar-refractivity contribution in [1.29, 1.82) is 0 Å². The molecule has 2 aromatic carbocycles. The summed E-state index contributed by atoms with van der Waals surface area (Å²) in [5.41, 5.74) is 2.05. The molecule has 5 nitrogen and oxygen atoms in total. The Morgan fingerprint density at radius 3 is 2.31 bits per heavy atom. The first-order chi connectivity index (χ1) is 12.5. The first-order valence-electron chi connectivity index (χ1n) is 8.55. The number of amides is 2. The van der Waals surface area contributed by atoms with Gasteiger partial charge >= 0.3 is 0 Å². The summed E-state index contributed by atoms with van der Waals surface area (Å²) >= 11 is 6.04. The van der Waals surface area contributed by atoms with E-state index < -0.39 is 0 Å². The molecule has 0 unspecified atom stereocenters. The number of hydrogen-bond donors (Lipinski definition) is 1. The zero-order chi connectivity index (χ0) is 18.9. The van der Waals surface area contributed by atoms with Gasteiger partial charge in [-0.15, -0.1) is 0 Å². The Kier molecular flexibility index (Phi) is 7.63. The average Bonchev–Trinajstić information content (AvgIpc) is 2.65. The van der Waals surface area contributed by atoms with Crippen LogP contribution in [-0.4, -0.2) is 36.4 Å². The van der Waals surface area contributed by atoms with Crippen LogP contribution in [-0.2, 0) is 16.1 Å². The van der Waals surface area contributed by atoms with Crippen LogP contribution in [0.3, 0.4) is 0 Å². The predicted octanol–water partition coefficient (Wildman–Crippen LogP) is 3.98. The number of carbonyl (C=O) groups excluding carboxylic acids is 2. The summed E-state index contributed by atoms with van der Waals surface area (Å²) in [5, 5.41) is 3.36. The Hall–Kier alpha value is -2.37. The SMILES string of the molecule is CCN(CC)C(=O)c1ccc(NC(=O)COCc2ccccc2Cl)cc1. The van der Waals surface area contributed by atoms with Gasteiger partial charge in [0.25, 0.3) is 5.91 Å². The summed E-state index contributed by atoms with van der Waals surface area (Å²) in [7, 11) is 0. The third-order valence-electron chi connectivity index (χ3n) is 3.91. The summed E-state index contributed by atoms with van der Waals surface area (Å²) in [4.78, 5) is 26.0. The minimum atomic E-state index is -0.264. The van der Waals surface area contributed by atoms with Crippen molar-refractivity contribution in [3.05, 3.63) is 64.7 Å². The molecular formula is C20H23ClN2O3. The molecule has 0 saturated carbocycles. The van der Waals surface area contributed by atoms with E-state index in [0.29, 0.717) is 29.4 Å². The molecule has 0 aromatic heterocycles. The lowest BCUT2D eigenvalue weighted by atomic mass is 10.2. The van der Waals surface area contributed by atoms with E-state index in [4.69, 9.17) is 16.3 Å². The molecule has 1 N–H and O–H groups in total. The van der Waals surface area contributed by atoms with Gasteiger partial charge in [0.2, 0.25) is 5.91 Å². The Labute approximate surface area is 158 Å². The van der Waals surface area contributed by atoms with Crippen molar-refractivity contribution in [3.8, 4) is 0 Å². The van der Waals surface area contributed by atoms with E-state index in [2.05, 4.69) is 5.32 Å². The second kappa shape index (κ2) is 9.94. The molecule has 0 fully saturated rings. The number of carbonyl (C=O) groups is 2. The highest BCUT2D eigenvalue weighted by Gasteiger charge is 2.12. The van der Waals surface area contributed by atoms with Crippen LogP contribution in [0.15, 0.2) is 48.5 Å². The fourth-order valence-corrected chi connectivity index (χ4v) is 2.65. The van der Waals surface area contributed by atoms with Gasteiger partial charge in [-0.05, 0) is 49.7 Å². The minimum Gasteiger partial charge on any atom is -0.367 e. The molecule has 2 rings (SSSR count). The summed E-state index contributed by atoms with van der Waals surface area (Å²) in [6, 6.07) is 14.2. The van der Waals surface area contributed by atoms with Crippen LogP contribution < -0.4 is 5.32 Å². The first kappa shape index (κ1) is 19.9. The van der Waals surface area contributed by atoms with Gasteiger partial charge in [0.15, 0.2) is 0 Å². The van der Waals surface area contributed by atoms with Gasteiger partial charge in [0.1, 0.15) is 6.61 Å². The fraction of sp³-hybridized carbons (Fsp3) is 0.300. The van der Waals surface area contributed by atoms with Crippen LogP contribution in [0.2, 0.25) is 5.02 Å². The number of anilines is 1. The van der Waals surface area contributed by atoms with E-state index in [0.717, 1.165) is 5.56 Å². The summed E-state index contributed by atoms with van der Waals surface area (Å²) < 4.78 is 5.40. The molecule has 2 aromatic rings. The average molecular weight is 375 g/mol. The normalized spacial score (nSPS) is 10.4. The van der Waals surface area contributed by atoms with Crippen molar-refractivity contribution >= 4 is 29.1 Å². The number of ether oxygens (including phenoxy) is 1. The minimum absolute atomic E-state index is 0.0176. The third kappa shape index (κ3) is 5.58. The largest absolute Gasteiger partial charge is 0.367 e. The molecule has 0 aliphatic heterocycles. The Morgan fingerprint density at radius 1 is 1.04 bits per heavy atom. The number of rotatable bonds is 8. The van der Waals surface area contributed by atoms with Gasteiger partial charge in [0, 0.05) is 29.4 Å². The summed E-state index contributed by atoms with van der Waals surface area (Å²) in [6.07, 6.45) is 0. The van der Waals surface area contributed by atoms with Crippen LogP contribution in [0.4, 0.5) is 5.69 Å². The van der Waals surface area contributed by atoms with Gasteiger partial charge in [-0.2, -0.15) is 0 Å². The van der Waals surface area contributed by atoms with Gasteiger partial charge in [-0.1, -0.05) is 29.8 Å². The zero-order valence-corrected chi connectivity index (χ0v) is 15.8. The van der Waals surface area contributed by atoms with E-state index in [9.17, 15) is 9.59 Å². The number of halogens is 1. The number of nitrogens with one attached hydrogen (secondary N) is 1. The fourth-order valence-electron chi connectivity index (χ4n) is 2.46. The number of benzene rings is 2. The first-order valence-corrected chi connectivity index (χ1v) is 8.93. The summed E-state index contributed by atoms with van der Waals surface area (Å²) in [5.74, 6) is -0.282. The van der Waals surface area contributed by atoms with Crippen molar-refractivity contribution in [1.82, 2.24) is 4.90 Å². The lowest BCUT2D eigenvalue weighted by molar-refractivity contribution is -0.121. The van der Waals surface area contributed by atoms with Gasteiger partial charge < -0.3 is 15.0 Å². The molecule has 0 bridgehead atoms. The molecule has 2 amide bonds. The molecule has 6 heteroatoms. The smallest absolute Gasteiger partial charge is 0.253 e. The zero-order valence-electron chi connectivity index (χ0n) is 15.0. The van der Waals surface area contributed by atoms with Gasteiger partial charge in [-0.3, -0.25) is 9.59 Å². The van der Waals surface area contributed by atoms with Crippen LogP contribution >= 0.6 is 11.6 Å². The number of nitrogens with zero attached hydrogens (tertiary/aromatic N) is 1. The van der Waals surface area contributed by atoms with Crippen molar-refractivity contribution in [2.45, 2.75) is 20.5 Å². The lowest BCUT2D eigenvalue weighted by Gasteiger charge is -2.18. The van der Waals surface area contributed by atoms with Crippen molar-refractivity contribution in [3.63, 3.8) is 0 Å². The molecule has 138 valence electrons. The highest BCUT2D eigenvalue weighted by Crippen LogP contribution is 2.16. The molecule has 26 heavy (non-hydrogen) atoms. The molecule has 0 spiro atoms. The molecule has 0 heterocycles. The monoisotopic (exact) mass is 374 g/mol. The van der Waals surface area contributed by atoms with E-state index >= 15 is 0 Å². The standard InChI is InChI=1S/C20H23ClN2O3/c1-3-23(4-2)20(25)15-9-11-17(12-10-15)22-19(24)14-26-13-16-7-5-6-8-18(16)21/h5-12H,3-4,13-14H2,1-2H3,(H,22,24). The van der Waals surface area contributed by atoms with Gasteiger partial charge in [-0.25, -0.2) is 0 Å². The number of hydrogen-bond acceptors (Lipinski definition) is 3. The Morgan fingerprint density at radius 2 is 1.69 bits per heavy atom. The quantitative estimate of drug-likeness (QED) is 0.760. The third-order valence-corrected chi connectivity index (χ3v) is 4.28. The predicted molar refractivity (Wildman–Crippen MR) is 103 cm³/mol. The maximum atomic E-state index is 12.3. The maximum absolute atomic E-state index is 12.3. The van der Waals surface area contributed by atoms with E-state index in [1.165, 1.54) is 0 Å². The van der Waals surface area contributed by atoms with E-state index in [-0.39, 0.29) is 25.0 Å². The topological polar surface area (TPSA) is 58.6 Å². The highest BCUT2D eigenvalue weighted by molar-refractivity contribution is 6.31. The molecule has 0 radical (unpaired) electrons. The van der Waals surface area contributed by atoms with Crippen molar-refractivity contribution < 1.29 is 14.3 Å². The van der Waals surface area contributed by atoms with E-state index in [1.807, 2.05) is 32.0 Å². The summed E-state index contributed by atoms with van der Waals surface area (Å²) in [6.45, 7) is 5.40. The van der Waals surface area contributed by atoms with Crippen LogP contribution in [0.25, 0.3) is 0 Å². The van der Waals surface area contributed by atoms with E-state index in [1.54, 1.807) is 35.2 Å². The second-order valence-electron chi connectivity index (χ2n) is 5.69. The molecule has 0 atom stereocenters. The Balaban J connectivity index is 1.83. The lowest BCUT2D eigenvalue weighted by Crippen LogP contribution is -2.30. The molecule has 0 aliphatic carbocycles. The Bertz CT molecular complexity index is 743. The van der Waals surface area contributed by atoms with Crippen LogP contribution in [0.1, 0.15) is 29.8 Å². The molecule has 0 aliphatic rings. The molecule has 0 saturated heterocycles. The molecular weight excluding hydrogens is 352 g/mol. The van der Waals surface area contributed by atoms with Crippen LogP contribution in [0, 0.1) is 0 Å². The maximum Gasteiger partial charge on any atom is 0.253 e. The second-order valence-corrected chi connectivity index (χ2v) is 6.09. The van der Waals surface area contributed by atoms with Gasteiger partial charge in [0.05, 0.1) is 6.61 Å². The van der Waals surface area contributed by atoms with Crippen molar-refractivity contribution in [2.24, 2.45) is 0 Å².